The molecular weight excluding hydrogens is 370 g/mol. The molecule has 2 aliphatic heterocycles. The highest BCUT2D eigenvalue weighted by atomic mass is 16.3. The Morgan fingerprint density at radius 3 is 2.24 bits per heavy atom. The van der Waals surface area contributed by atoms with Crippen LogP contribution in [0.3, 0.4) is 0 Å². The topological polar surface area (TPSA) is 81.2 Å². The standard InChI is InChI=1S/C22H23N3O4/c1-15(26)16-6-8-17(9-7-16)25-21(28)14-19(22(25)29)24-12-10-23(11-13-24)18-4-2-3-5-20(18)27/h2-9,19,27H,10-14H2,1H3/t19-/m1/s1. The monoisotopic (exact) mass is 393 g/mol. The molecule has 1 N–H and O–H groups in total. The molecule has 0 radical (unpaired) electrons. The molecule has 0 bridgehead atoms. The highest BCUT2D eigenvalue weighted by Crippen LogP contribution is 2.30. The second kappa shape index (κ2) is 7.67. The summed E-state index contributed by atoms with van der Waals surface area (Å²) in [5.74, 6) is -0.260. The van der Waals surface area contributed by atoms with Crippen molar-refractivity contribution in [3.05, 3.63) is 54.1 Å². The summed E-state index contributed by atoms with van der Waals surface area (Å²) < 4.78 is 0. The van der Waals surface area contributed by atoms with E-state index >= 15 is 0 Å². The minimum Gasteiger partial charge on any atom is -0.506 e. The fourth-order valence-electron chi connectivity index (χ4n) is 4.02. The number of hydrogen-bond acceptors (Lipinski definition) is 6. The number of piperazine rings is 1. The molecular formula is C22H23N3O4. The van der Waals surface area contributed by atoms with Gasteiger partial charge in [0.15, 0.2) is 5.78 Å². The zero-order valence-corrected chi connectivity index (χ0v) is 16.2. The summed E-state index contributed by atoms with van der Waals surface area (Å²) in [4.78, 5) is 42.3. The number of amides is 2. The van der Waals surface area contributed by atoms with Crippen molar-refractivity contribution in [3.63, 3.8) is 0 Å². The molecule has 0 aliphatic carbocycles. The minimum absolute atomic E-state index is 0.0594. The molecule has 0 spiro atoms. The van der Waals surface area contributed by atoms with E-state index in [0.29, 0.717) is 37.4 Å². The first-order chi connectivity index (χ1) is 14.0. The second-order valence-electron chi connectivity index (χ2n) is 7.40. The Labute approximate surface area is 169 Å². The smallest absolute Gasteiger partial charge is 0.251 e. The van der Waals surface area contributed by atoms with E-state index in [0.717, 1.165) is 5.69 Å². The van der Waals surface area contributed by atoms with Crippen molar-refractivity contribution in [2.24, 2.45) is 0 Å². The number of carbonyl (C=O) groups excluding carboxylic acids is 3. The lowest BCUT2D eigenvalue weighted by atomic mass is 10.1. The Kier molecular flexibility index (Phi) is 5.07. The molecule has 0 saturated carbocycles. The third-order valence-electron chi connectivity index (χ3n) is 5.63. The SMILES string of the molecule is CC(=O)c1ccc(N2C(=O)C[C@@H](N3CCN(c4ccccc4O)CC3)C2=O)cc1. The number of hydrogen-bond donors (Lipinski definition) is 1. The number of benzene rings is 2. The van der Waals surface area contributed by atoms with Crippen LogP contribution in [0.15, 0.2) is 48.5 Å². The van der Waals surface area contributed by atoms with Crippen LogP contribution in [-0.4, -0.2) is 59.8 Å². The van der Waals surface area contributed by atoms with Gasteiger partial charge in [0.05, 0.1) is 23.8 Å². The van der Waals surface area contributed by atoms with Crippen LogP contribution >= 0.6 is 0 Å². The lowest BCUT2D eigenvalue weighted by Gasteiger charge is -2.38. The van der Waals surface area contributed by atoms with Gasteiger partial charge in [0, 0.05) is 31.7 Å². The van der Waals surface area contributed by atoms with Crippen molar-refractivity contribution in [1.82, 2.24) is 4.90 Å². The van der Waals surface area contributed by atoms with E-state index in [4.69, 9.17) is 0 Å². The normalized spacial score (nSPS) is 20.4. The molecule has 2 amide bonds. The third-order valence-corrected chi connectivity index (χ3v) is 5.63. The average Bonchev–Trinajstić information content (AvgIpc) is 3.02. The van der Waals surface area contributed by atoms with Gasteiger partial charge in [0.2, 0.25) is 5.91 Å². The fraction of sp³-hybridized carbons (Fsp3) is 0.318. The second-order valence-corrected chi connectivity index (χ2v) is 7.40. The van der Waals surface area contributed by atoms with E-state index in [1.54, 1.807) is 36.4 Å². The predicted octanol–water partition coefficient (Wildman–Crippen LogP) is 2.05. The Morgan fingerprint density at radius 2 is 1.62 bits per heavy atom. The van der Waals surface area contributed by atoms with Crippen molar-refractivity contribution in [1.29, 1.82) is 0 Å². The van der Waals surface area contributed by atoms with E-state index in [1.165, 1.54) is 11.8 Å². The number of phenols is 1. The molecule has 150 valence electrons. The van der Waals surface area contributed by atoms with Gasteiger partial charge in [-0.3, -0.25) is 19.3 Å². The molecule has 2 aromatic carbocycles. The summed E-state index contributed by atoms with van der Waals surface area (Å²) in [5, 5.41) is 10.0. The Morgan fingerprint density at radius 1 is 0.966 bits per heavy atom. The fourth-order valence-corrected chi connectivity index (χ4v) is 4.02. The average molecular weight is 393 g/mol. The maximum atomic E-state index is 13.0. The number of nitrogens with zero attached hydrogens (tertiary/aromatic N) is 3. The molecule has 0 unspecified atom stereocenters. The van der Waals surface area contributed by atoms with Crippen molar-refractivity contribution >= 4 is 29.0 Å². The number of ketones is 1. The van der Waals surface area contributed by atoms with E-state index in [-0.39, 0.29) is 29.8 Å². The Bertz CT molecular complexity index is 949. The molecule has 1 atom stereocenters. The van der Waals surface area contributed by atoms with Gasteiger partial charge in [-0.05, 0) is 43.3 Å². The number of para-hydroxylation sites is 2. The van der Waals surface area contributed by atoms with Crippen LogP contribution in [0.4, 0.5) is 11.4 Å². The van der Waals surface area contributed by atoms with E-state index < -0.39 is 6.04 Å². The first-order valence-corrected chi connectivity index (χ1v) is 9.70. The van der Waals surface area contributed by atoms with E-state index in [9.17, 15) is 19.5 Å². The van der Waals surface area contributed by atoms with Gasteiger partial charge >= 0.3 is 0 Å². The highest BCUT2D eigenvalue weighted by molar-refractivity contribution is 6.22. The molecule has 4 rings (SSSR count). The molecule has 2 saturated heterocycles. The highest BCUT2D eigenvalue weighted by Gasteiger charge is 2.43. The van der Waals surface area contributed by atoms with Crippen LogP contribution in [0.25, 0.3) is 0 Å². The quantitative estimate of drug-likeness (QED) is 0.633. The predicted molar refractivity (Wildman–Crippen MR) is 109 cm³/mol. The Hall–Kier alpha value is -3.19. The first kappa shape index (κ1) is 19.1. The number of rotatable bonds is 4. The van der Waals surface area contributed by atoms with Gasteiger partial charge in [-0.2, -0.15) is 0 Å². The van der Waals surface area contributed by atoms with Gasteiger partial charge in [0.25, 0.3) is 5.91 Å². The maximum absolute atomic E-state index is 13.0. The van der Waals surface area contributed by atoms with Gasteiger partial charge in [0.1, 0.15) is 5.75 Å². The van der Waals surface area contributed by atoms with Crippen LogP contribution in [0.2, 0.25) is 0 Å². The van der Waals surface area contributed by atoms with Gasteiger partial charge in [-0.1, -0.05) is 12.1 Å². The van der Waals surface area contributed by atoms with Crippen molar-refractivity contribution < 1.29 is 19.5 Å². The maximum Gasteiger partial charge on any atom is 0.251 e. The molecule has 7 heteroatoms. The van der Waals surface area contributed by atoms with Crippen LogP contribution in [-0.2, 0) is 9.59 Å². The van der Waals surface area contributed by atoms with Gasteiger partial charge in [-0.25, -0.2) is 4.90 Å². The van der Waals surface area contributed by atoms with Crippen LogP contribution in [0.5, 0.6) is 5.75 Å². The zero-order valence-electron chi connectivity index (χ0n) is 16.2. The number of carbonyl (C=O) groups is 3. The largest absolute Gasteiger partial charge is 0.506 e. The number of Topliss-reactive ketones (excluding diaryl/α,β-unsaturated/α-hetero) is 1. The summed E-state index contributed by atoms with van der Waals surface area (Å²) in [6.07, 6.45) is 0.157. The Balaban J connectivity index is 1.44. The third kappa shape index (κ3) is 3.61. The molecule has 2 fully saturated rings. The van der Waals surface area contributed by atoms with Crippen molar-refractivity contribution in [3.8, 4) is 5.75 Å². The van der Waals surface area contributed by atoms with Crippen LogP contribution < -0.4 is 9.80 Å². The summed E-state index contributed by atoms with van der Waals surface area (Å²) in [7, 11) is 0. The van der Waals surface area contributed by atoms with E-state index in [1.807, 2.05) is 17.0 Å². The summed E-state index contributed by atoms with van der Waals surface area (Å²) in [6.45, 7) is 4.09. The number of imide groups is 1. The van der Waals surface area contributed by atoms with Crippen LogP contribution in [0, 0.1) is 0 Å². The molecule has 2 heterocycles. The van der Waals surface area contributed by atoms with Gasteiger partial charge < -0.3 is 10.0 Å². The summed E-state index contributed by atoms with van der Waals surface area (Å²) in [6, 6.07) is 13.3. The van der Waals surface area contributed by atoms with E-state index in [2.05, 4.69) is 4.90 Å². The van der Waals surface area contributed by atoms with Crippen molar-refractivity contribution in [2.75, 3.05) is 36.0 Å². The lowest BCUT2D eigenvalue weighted by Crippen LogP contribution is -2.52. The van der Waals surface area contributed by atoms with Crippen molar-refractivity contribution in [2.45, 2.75) is 19.4 Å². The number of phenolic OH excluding ortho intramolecular Hbond substituents is 1. The first-order valence-electron chi connectivity index (χ1n) is 9.70. The molecule has 2 aliphatic rings. The van der Waals surface area contributed by atoms with Gasteiger partial charge in [-0.15, -0.1) is 0 Å². The minimum atomic E-state index is -0.471. The molecule has 2 aromatic rings. The van der Waals surface area contributed by atoms with Crippen LogP contribution in [0.1, 0.15) is 23.7 Å². The summed E-state index contributed by atoms with van der Waals surface area (Å²) >= 11 is 0. The zero-order chi connectivity index (χ0) is 20.5. The number of anilines is 2. The molecule has 0 aromatic heterocycles. The lowest BCUT2D eigenvalue weighted by molar-refractivity contribution is -0.123. The molecule has 29 heavy (non-hydrogen) atoms. The molecule has 7 nitrogen and oxygen atoms in total. The summed E-state index contributed by atoms with van der Waals surface area (Å²) in [5.41, 5.74) is 1.83. The number of aromatic hydroxyl groups is 1.